The molecule has 1 atom stereocenters. The molecule has 7 heteroatoms. The van der Waals surface area contributed by atoms with E-state index in [9.17, 15) is 8.42 Å². The number of sulfone groups is 1. The van der Waals surface area contributed by atoms with Crippen molar-refractivity contribution in [2.75, 3.05) is 11.5 Å². The van der Waals surface area contributed by atoms with Crippen molar-refractivity contribution in [1.29, 1.82) is 0 Å². The molecular formula is C12H14IN3O2S. The van der Waals surface area contributed by atoms with Crippen LogP contribution in [0.25, 0.3) is 11.0 Å². The van der Waals surface area contributed by atoms with E-state index < -0.39 is 9.84 Å². The van der Waals surface area contributed by atoms with Crippen molar-refractivity contribution >= 4 is 49.4 Å². The first-order valence-electron chi connectivity index (χ1n) is 6.10. The lowest BCUT2D eigenvalue weighted by Crippen LogP contribution is -2.23. The standard InChI is InChI=1S/C12H14IN3O2S/c13-8-3-4-11-10(6-8)15-12(14)16(11)7-9-2-1-5-19(9,17)18/h3-4,6,9H,1-2,5,7H2,(H2,14,15). The molecule has 1 fully saturated rings. The lowest BCUT2D eigenvalue weighted by molar-refractivity contribution is 0.571. The molecule has 3 rings (SSSR count). The van der Waals surface area contributed by atoms with E-state index >= 15 is 0 Å². The fourth-order valence-electron chi connectivity index (χ4n) is 2.58. The Morgan fingerprint density at radius 1 is 1.47 bits per heavy atom. The second-order valence-electron chi connectivity index (χ2n) is 4.84. The van der Waals surface area contributed by atoms with Crippen LogP contribution in [0, 0.1) is 3.57 Å². The Balaban J connectivity index is 2.03. The molecule has 1 aliphatic heterocycles. The van der Waals surface area contributed by atoms with Gasteiger partial charge in [0.05, 0.1) is 22.0 Å². The van der Waals surface area contributed by atoms with Gasteiger partial charge in [-0.05, 0) is 53.6 Å². The maximum absolute atomic E-state index is 11.9. The van der Waals surface area contributed by atoms with Crippen molar-refractivity contribution in [2.45, 2.75) is 24.6 Å². The summed E-state index contributed by atoms with van der Waals surface area (Å²) in [6.07, 6.45) is 1.46. The van der Waals surface area contributed by atoms with Crippen LogP contribution in [0.5, 0.6) is 0 Å². The van der Waals surface area contributed by atoms with E-state index in [0.29, 0.717) is 24.7 Å². The number of nitrogen functional groups attached to an aromatic ring is 1. The van der Waals surface area contributed by atoms with Crippen molar-refractivity contribution < 1.29 is 8.42 Å². The van der Waals surface area contributed by atoms with E-state index in [1.807, 2.05) is 22.8 Å². The summed E-state index contributed by atoms with van der Waals surface area (Å²) < 4.78 is 26.7. The Kier molecular flexibility index (Phi) is 3.20. The Hall–Kier alpha value is -0.830. The minimum Gasteiger partial charge on any atom is -0.369 e. The van der Waals surface area contributed by atoms with Gasteiger partial charge in [-0.2, -0.15) is 0 Å². The Morgan fingerprint density at radius 2 is 2.26 bits per heavy atom. The zero-order valence-electron chi connectivity index (χ0n) is 10.2. The third kappa shape index (κ3) is 2.33. The van der Waals surface area contributed by atoms with Crippen LogP contribution in [0.3, 0.4) is 0 Å². The SMILES string of the molecule is Nc1nc2cc(I)ccc2n1CC1CCCS1(=O)=O. The van der Waals surface area contributed by atoms with Gasteiger partial charge >= 0.3 is 0 Å². The number of benzene rings is 1. The molecule has 1 unspecified atom stereocenters. The highest BCUT2D eigenvalue weighted by molar-refractivity contribution is 14.1. The number of nitrogens with two attached hydrogens (primary N) is 1. The number of imidazole rings is 1. The lowest BCUT2D eigenvalue weighted by atomic mass is 10.2. The maximum Gasteiger partial charge on any atom is 0.201 e. The Morgan fingerprint density at radius 3 is 2.95 bits per heavy atom. The van der Waals surface area contributed by atoms with Gasteiger partial charge < -0.3 is 10.3 Å². The quantitative estimate of drug-likeness (QED) is 0.793. The Bertz CT molecular complexity index is 739. The number of anilines is 1. The van der Waals surface area contributed by atoms with Crippen LogP contribution in [-0.2, 0) is 16.4 Å². The zero-order chi connectivity index (χ0) is 13.6. The monoisotopic (exact) mass is 391 g/mol. The summed E-state index contributed by atoms with van der Waals surface area (Å²) in [7, 11) is -2.96. The predicted molar refractivity (Wildman–Crippen MR) is 83.7 cm³/mol. The molecule has 5 nitrogen and oxygen atoms in total. The molecule has 102 valence electrons. The summed E-state index contributed by atoms with van der Waals surface area (Å²) in [5.41, 5.74) is 7.65. The van der Waals surface area contributed by atoms with Crippen LogP contribution < -0.4 is 5.73 Å². The number of fused-ring (bicyclic) bond motifs is 1. The molecule has 19 heavy (non-hydrogen) atoms. The predicted octanol–water partition coefficient (Wildman–Crippen LogP) is 1.80. The van der Waals surface area contributed by atoms with E-state index in [-0.39, 0.29) is 5.25 Å². The number of rotatable bonds is 2. The lowest BCUT2D eigenvalue weighted by Gasteiger charge is -2.12. The second kappa shape index (κ2) is 4.62. The van der Waals surface area contributed by atoms with Crippen LogP contribution in [0.15, 0.2) is 18.2 Å². The molecular weight excluding hydrogens is 377 g/mol. The van der Waals surface area contributed by atoms with Crippen molar-refractivity contribution in [3.05, 3.63) is 21.8 Å². The highest BCUT2D eigenvalue weighted by atomic mass is 127. The average molecular weight is 391 g/mol. The van der Waals surface area contributed by atoms with Gasteiger partial charge in [0.2, 0.25) is 5.95 Å². The Labute approximate surface area is 125 Å². The topological polar surface area (TPSA) is 78.0 Å². The largest absolute Gasteiger partial charge is 0.369 e. The van der Waals surface area contributed by atoms with E-state index in [1.54, 1.807) is 0 Å². The summed E-state index contributed by atoms with van der Waals surface area (Å²) in [5, 5.41) is -0.327. The van der Waals surface area contributed by atoms with Crippen LogP contribution in [0.4, 0.5) is 5.95 Å². The number of hydrogen-bond donors (Lipinski definition) is 1. The second-order valence-corrected chi connectivity index (χ2v) is 8.49. The van der Waals surface area contributed by atoms with Gasteiger partial charge in [0, 0.05) is 10.1 Å². The average Bonchev–Trinajstić information content (AvgIpc) is 2.80. The molecule has 2 heterocycles. The number of aromatic nitrogens is 2. The molecule has 1 aromatic heterocycles. The number of nitrogens with zero attached hydrogens (tertiary/aromatic N) is 2. The number of halogens is 1. The number of hydrogen-bond acceptors (Lipinski definition) is 4. The maximum atomic E-state index is 11.9. The van der Waals surface area contributed by atoms with Crippen LogP contribution >= 0.6 is 22.6 Å². The fraction of sp³-hybridized carbons (Fsp3) is 0.417. The van der Waals surface area contributed by atoms with E-state index in [2.05, 4.69) is 27.6 Å². The van der Waals surface area contributed by atoms with E-state index in [1.165, 1.54) is 0 Å². The van der Waals surface area contributed by atoms with Gasteiger partial charge in [-0.25, -0.2) is 13.4 Å². The van der Waals surface area contributed by atoms with Gasteiger partial charge in [0.1, 0.15) is 0 Å². The van der Waals surface area contributed by atoms with Crippen molar-refractivity contribution in [3.8, 4) is 0 Å². The summed E-state index contributed by atoms with van der Waals surface area (Å²) in [6.45, 7) is 0.408. The van der Waals surface area contributed by atoms with Crippen LogP contribution in [0.1, 0.15) is 12.8 Å². The summed E-state index contributed by atoms with van der Waals surface area (Å²) in [5.74, 6) is 0.682. The van der Waals surface area contributed by atoms with Gasteiger partial charge in [-0.3, -0.25) is 0 Å². The van der Waals surface area contributed by atoms with Crippen LogP contribution in [0.2, 0.25) is 0 Å². The molecule has 1 aliphatic rings. The third-order valence-electron chi connectivity index (χ3n) is 3.59. The van der Waals surface area contributed by atoms with Gasteiger partial charge in [-0.15, -0.1) is 0 Å². The summed E-state index contributed by atoms with van der Waals surface area (Å²) in [4.78, 5) is 4.30. The smallest absolute Gasteiger partial charge is 0.201 e. The first-order chi connectivity index (χ1) is 8.97. The molecule has 2 N–H and O–H groups in total. The zero-order valence-corrected chi connectivity index (χ0v) is 13.2. The molecule has 1 saturated heterocycles. The first-order valence-corrected chi connectivity index (χ1v) is 8.89. The molecule has 0 radical (unpaired) electrons. The van der Waals surface area contributed by atoms with E-state index in [0.717, 1.165) is 21.0 Å². The van der Waals surface area contributed by atoms with Gasteiger partial charge in [-0.1, -0.05) is 0 Å². The molecule has 0 amide bonds. The normalized spacial score (nSPS) is 22.1. The van der Waals surface area contributed by atoms with Crippen molar-refractivity contribution in [3.63, 3.8) is 0 Å². The molecule has 0 saturated carbocycles. The van der Waals surface area contributed by atoms with Crippen molar-refractivity contribution in [2.24, 2.45) is 0 Å². The highest BCUT2D eigenvalue weighted by Gasteiger charge is 2.32. The molecule has 2 aromatic rings. The van der Waals surface area contributed by atoms with Crippen molar-refractivity contribution in [1.82, 2.24) is 9.55 Å². The molecule has 0 spiro atoms. The van der Waals surface area contributed by atoms with Gasteiger partial charge in [0.25, 0.3) is 0 Å². The summed E-state index contributed by atoms with van der Waals surface area (Å²) in [6, 6.07) is 5.87. The minimum atomic E-state index is -2.96. The van der Waals surface area contributed by atoms with E-state index in [4.69, 9.17) is 5.73 Å². The molecule has 0 aliphatic carbocycles. The minimum absolute atomic E-state index is 0.294. The van der Waals surface area contributed by atoms with Crippen LogP contribution in [-0.4, -0.2) is 29.0 Å². The first kappa shape index (κ1) is 13.2. The molecule has 1 aromatic carbocycles. The molecule has 0 bridgehead atoms. The fourth-order valence-corrected chi connectivity index (χ4v) is 4.86. The van der Waals surface area contributed by atoms with Gasteiger partial charge in [0.15, 0.2) is 9.84 Å². The summed E-state index contributed by atoms with van der Waals surface area (Å²) >= 11 is 2.22. The highest BCUT2D eigenvalue weighted by Crippen LogP contribution is 2.26. The third-order valence-corrected chi connectivity index (χ3v) is 6.52.